The Balaban J connectivity index is 1.86. The maximum Gasteiger partial charge on any atom is 0.250 e. The first kappa shape index (κ1) is 13.2. The molecule has 2 rings (SSSR count). The zero-order valence-corrected chi connectivity index (χ0v) is 11.2. The molecule has 0 aromatic rings. The minimum Gasteiger partial charge on any atom is -0.299 e. The van der Waals surface area contributed by atoms with Crippen molar-refractivity contribution in [3.05, 3.63) is 0 Å². The van der Waals surface area contributed by atoms with Crippen molar-refractivity contribution in [2.45, 2.75) is 57.5 Å². The van der Waals surface area contributed by atoms with Crippen molar-refractivity contribution in [3.8, 4) is 0 Å². The highest BCUT2D eigenvalue weighted by Gasteiger charge is 2.39. The lowest BCUT2D eigenvalue weighted by molar-refractivity contribution is -0.0626. The molecule has 2 nitrogen and oxygen atoms in total. The van der Waals surface area contributed by atoms with Gasteiger partial charge >= 0.3 is 0 Å². The third-order valence-electron chi connectivity index (χ3n) is 4.16. The van der Waals surface area contributed by atoms with Crippen LogP contribution in [-0.2, 0) is 0 Å². The molecule has 2 saturated heterocycles. The highest BCUT2D eigenvalue weighted by molar-refractivity contribution is 4.91. The lowest BCUT2D eigenvalue weighted by Crippen LogP contribution is -2.47. The molecule has 100 valence electrons. The van der Waals surface area contributed by atoms with Gasteiger partial charge in [-0.25, -0.2) is 8.78 Å². The van der Waals surface area contributed by atoms with E-state index in [9.17, 15) is 8.78 Å². The van der Waals surface area contributed by atoms with Gasteiger partial charge in [0.1, 0.15) is 0 Å². The van der Waals surface area contributed by atoms with E-state index in [1.807, 2.05) is 0 Å². The van der Waals surface area contributed by atoms with Crippen LogP contribution in [0.5, 0.6) is 0 Å². The molecule has 0 radical (unpaired) electrons. The SMILES string of the molecule is CC(C)(C)N1CC[C@@H](N2CCC(F)(F)CC2)C1. The number of piperidine rings is 1. The van der Waals surface area contributed by atoms with Crippen LogP contribution in [0.1, 0.15) is 40.0 Å². The fourth-order valence-electron chi connectivity index (χ4n) is 2.87. The summed E-state index contributed by atoms with van der Waals surface area (Å²) in [4.78, 5) is 4.73. The second-order valence-electron chi connectivity index (χ2n) is 6.45. The van der Waals surface area contributed by atoms with Crippen LogP contribution < -0.4 is 0 Å². The fraction of sp³-hybridized carbons (Fsp3) is 1.00. The number of hydrogen-bond acceptors (Lipinski definition) is 2. The Hall–Kier alpha value is -0.220. The third kappa shape index (κ3) is 3.16. The maximum atomic E-state index is 13.1. The Bertz CT molecular complexity index is 263. The van der Waals surface area contributed by atoms with Crippen molar-refractivity contribution < 1.29 is 8.78 Å². The van der Waals surface area contributed by atoms with Crippen LogP contribution in [0, 0.1) is 0 Å². The van der Waals surface area contributed by atoms with Crippen LogP contribution in [-0.4, -0.2) is 53.5 Å². The summed E-state index contributed by atoms with van der Waals surface area (Å²) in [6.07, 6.45) is 1.21. The summed E-state index contributed by atoms with van der Waals surface area (Å²) >= 11 is 0. The molecule has 0 aliphatic carbocycles. The predicted molar refractivity (Wildman–Crippen MR) is 65.5 cm³/mol. The van der Waals surface area contributed by atoms with E-state index in [2.05, 4.69) is 30.6 Å². The number of hydrogen-bond donors (Lipinski definition) is 0. The van der Waals surface area contributed by atoms with E-state index in [4.69, 9.17) is 0 Å². The summed E-state index contributed by atoms with van der Waals surface area (Å²) in [5, 5.41) is 0. The molecule has 0 unspecified atom stereocenters. The molecule has 2 heterocycles. The summed E-state index contributed by atoms with van der Waals surface area (Å²) in [5.74, 6) is -2.42. The minimum absolute atomic E-state index is 0.0407. The average Bonchev–Trinajstić information content (AvgIpc) is 2.66. The lowest BCUT2D eigenvalue weighted by Gasteiger charge is -2.37. The molecular formula is C13H24F2N2. The molecule has 0 aromatic heterocycles. The summed E-state index contributed by atoms with van der Waals surface area (Å²) in [6, 6.07) is 0.491. The number of rotatable bonds is 1. The Kier molecular flexibility index (Phi) is 3.47. The van der Waals surface area contributed by atoms with Crippen LogP contribution >= 0.6 is 0 Å². The molecule has 2 aliphatic rings. The Morgan fingerprint density at radius 3 is 2.12 bits per heavy atom. The molecule has 0 saturated carbocycles. The van der Waals surface area contributed by atoms with Crippen LogP contribution in [0.2, 0.25) is 0 Å². The molecule has 0 amide bonds. The molecule has 0 N–H and O–H groups in total. The van der Waals surface area contributed by atoms with Gasteiger partial charge in [-0.3, -0.25) is 9.80 Å². The second-order valence-corrected chi connectivity index (χ2v) is 6.45. The van der Waals surface area contributed by atoms with Gasteiger partial charge in [-0.15, -0.1) is 0 Å². The highest BCUT2D eigenvalue weighted by Crippen LogP contribution is 2.31. The van der Waals surface area contributed by atoms with Gasteiger partial charge in [0.05, 0.1) is 0 Å². The first-order chi connectivity index (χ1) is 7.78. The summed E-state index contributed by atoms with van der Waals surface area (Å²) < 4.78 is 26.2. The molecule has 0 spiro atoms. The minimum atomic E-state index is -2.42. The Morgan fingerprint density at radius 2 is 1.65 bits per heavy atom. The first-order valence-electron chi connectivity index (χ1n) is 6.65. The van der Waals surface area contributed by atoms with Crippen LogP contribution in [0.25, 0.3) is 0 Å². The van der Waals surface area contributed by atoms with E-state index in [1.165, 1.54) is 0 Å². The van der Waals surface area contributed by atoms with Gasteiger partial charge in [-0.1, -0.05) is 0 Å². The van der Waals surface area contributed by atoms with Gasteiger partial charge in [0.25, 0.3) is 5.92 Å². The quantitative estimate of drug-likeness (QED) is 0.701. The van der Waals surface area contributed by atoms with Crippen molar-refractivity contribution >= 4 is 0 Å². The van der Waals surface area contributed by atoms with Crippen molar-refractivity contribution in [2.75, 3.05) is 26.2 Å². The smallest absolute Gasteiger partial charge is 0.250 e. The monoisotopic (exact) mass is 246 g/mol. The van der Waals surface area contributed by atoms with Crippen molar-refractivity contribution in [1.82, 2.24) is 9.80 Å². The van der Waals surface area contributed by atoms with Crippen molar-refractivity contribution in [3.63, 3.8) is 0 Å². The first-order valence-corrected chi connectivity index (χ1v) is 6.65. The molecule has 0 bridgehead atoms. The zero-order chi connectivity index (χ0) is 12.7. The van der Waals surface area contributed by atoms with E-state index in [-0.39, 0.29) is 18.4 Å². The third-order valence-corrected chi connectivity index (χ3v) is 4.16. The lowest BCUT2D eigenvalue weighted by atomic mass is 10.0. The van der Waals surface area contributed by atoms with Crippen LogP contribution in [0.15, 0.2) is 0 Å². The molecule has 17 heavy (non-hydrogen) atoms. The van der Waals surface area contributed by atoms with Crippen LogP contribution in [0.4, 0.5) is 8.78 Å². The number of nitrogens with zero attached hydrogens (tertiary/aromatic N) is 2. The average molecular weight is 246 g/mol. The molecule has 2 aliphatic heterocycles. The highest BCUT2D eigenvalue weighted by atomic mass is 19.3. The summed E-state index contributed by atoms with van der Waals surface area (Å²) in [7, 11) is 0. The van der Waals surface area contributed by atoms with Crippen LogP contribution in [0.3, 0.4) is 0 Å². The van der Waals surface area contributed by atoms with Gasteiger partial charge in [0.2, 0.25) is 0 Å². The summed E-state index contributed by atoms with van der Waals surface area (Å²) in [6.45, 7) is 9.93. The zero-order valence-electron chi connectivity index (χ0n) is 11.2. The van der Waals surface area contributed by atoms with E-state index in [0.29, 0.717) is 19.1 Å². The van der Waals surface area contributed by atoms with Gasteiger partial charge < -0.3 is 0 Å². The number of alkyl halides is 2. The van der Waals surface area contributed by atoms with Crippen molar-refractivity contribution in [2.24, 2.45) is 0 Å². The Morgan fingerprint density at radius 1 is 1.06 bits per heavy atom. The maximum absolute atomic E-state index is 13.1. The van der Waals surface area contributed by atoms with E-state index < -0.39 is 5.92 Å². The van der Waals surface area contributed by atoms with Gasteiger partial charge in [0.15, 0.2) is 0 Å². The van der Waals surface area contributed by atoms with Gasteiger partial charge in [-0.05, 0) is 27.2 Å². The fourth-order valence-corrected chi connectivity index (χ4v) is 2.87. The number of likely N-dealkylation sites (tertiary alicyclic amines) is 2. The molecular weight excluding hydrogens is 222 g/mol. The second kappa shape index (κ2) is 4.47. The summed E-state index contributed by atoms with van der Waals surface area (Å²) in [5.41, 5.74) is 0.203. The number of halogens is 2. The largest absolute Gasteiger partial charge is 0.299 e. The molecule has 1 atom stereocenters. The van der Waals surface area contributed by atoms with Gasteiger partial charge in [-0.2, -0.15) is 0 Å². The predicted octanol–water partition coefficient (Wildman–Crippen LogP) is 2.59. The van der Waals surface area contributed by atoms with E-state index in [0.717, 1.165) is 19.5 Å². The molecule has 0 aromatic carbocycles. The molecule has 4 heteroatoms. The van der Waals surface area contributed by atoms with E-state index in [1.54, 1.807) is 0 Å². The Labute approximate surface area is 103 Å². The van der Waals surface area contributed by atoms with Crippen molar-refractivity contribution in [1.29, 1.82) is 0 Å². The van der Waals surface area contributed by atoms with E-state index >= 15 is 0 Å². The topological polar surface area (TPSA) is 6.48 Å². The normalized spacial score (nSPS) is 31.9. The van der Waals surface area contributed by atoms with Gasteiger partial charge in [0, 0.05) is 50.6 Å². The standard InChI is InChI=1S/C13H24F2N2/c1-12(2,3)17-7-4-11(10-17)16-8-5-13(14,15)6-9-16/h11H,4-10H2,1-3H3/t11-/m1/s1. The molecule has 2 fully saturated rings.